The molecule has 39 heavy (non-hydrogen) atoms. The third-order valence-corrected chi connectivity index (χ3v) is 17.0. The Labute approximate surface area is 235 Å². The number of carbonyl (C=O) groups excluding carboxylic acids is 1. The first-order valence-corrected chi connectivity index (χ1v) is 19.5. The zero-order chi connectivity index (χ0) is 30.4. The van der Waals surface area contributed by atoms with Crippen LogP contribution in [0.25, 0.3) is 0 Å². The number of H-pyrrole nitrogens is 1. The number of aromatic nitrogens is 2. The Morgan fingerprint density at radius 3 is 1.90 bits per heavy atom. The van der Waals surface area contributed by atoms with E-state index in [0.29, 0.717) is 0 Å². The number of hydrogen-bond donors (Lipinski definition) is 2. The summed E-state index contributed by atoms with van der Waals surface area (Å²) in [5.74, 6) is -0.538. The van der Waals surface area contributed by atoms with E-state index >= 15 is 0 Å². The lowest BCUT2D eigenvalue weighted by molar-refractivity contribution is -0.157. The van der Waals surface area contributed by atoms with Crippen molar-refractivity contribution in [1.29, 1.82) is 0 Å². The Bertz CT molecular complexity index is 1130. The summed E-state index contributed by atoms with van der Waals surface area (Å²) in [6, 6.07) is 0.303. The Morgan fingerprint density at radius 1 is 0.974 bits per heavy atom. The highest BCUT2D eigenvalue weighted by Crippen LogP contribution is 2.46. The molecule has 0 radical (unpaired) electrons. The minimum atomic E-state index is -2.41. The molecule has 1 aliphatic heterocycles. The lowest BCUT2D eigenvalue weighted by Gasteiger charge is -2.44. The Balaban J connectivity index is 2.64. The molecule has 1 fully saturated rings. The highest BCUT2D eigenvalue weighted by molar-refractivity contribution is 6.74. The van der Waals surface area contributed by atoms with Crippen LogP contribution in [-0.2, 0) is 23.1 Å². The van der Waals surface area contributed by atoms with Crippen molar-refractivity contribution in [3.05, 3.63) is 33.1 Å². The van der Waals surface area contributed by atoms with E-state index in [1.807, 2.05) is 0 Å². The fourth-order valence-corrected chi connectivity index (χ4v) is 6.38. The Hall–Kier alpha value is -1.58. The summed E-state index contributed by atoms with van der Waals surface area (Å²) in [7, 11) is -4.80. The van der Waals surface area contributed by atoms with Gasteiger partial charge in [-0.15, -0.1) is 0 Å². The van der Waals surface area contributed by atoms with Gasteiger partial charge in [0.25, 0.3) is 5.56 Å². The average Bonchev–Trinajstić information content (AvgIpc) is 3.00. The van der Waals surface area contributed by atoms with Gasteiger partial charge in [0, 0.05) is 18.7 Å². The predicted molar refractivity (Wildman–Crippen MR) is 158 cm³/mol. The van der Waals surface area contributed by atoms with Crippen molar-refractivity contribution in [3.8, 4) is 0 Å². The Morgan fingerprint density at radius 2 is 1.46 bits per heavy atom. The summed E-state index contributed by atoms with van der Waals surface area (Å²) < 4.78 is 27.3. The van der Waals surface area contributed by atoms with Crippen molar-refractivity contribution in [2.45, 2.75) is 141 Å². The van der Waals surface area contributed by atoms with Gasteiger partial charge >= 0.3 is 11.7 Å². The zero-order valence-electron chi connectivity index (χ0n) is 26.1. The van der Waals surface area contributed by atoms with Gasteiger partial charge in [0.1, 0.15) is 23.9 Å². The average molecular weight is 586 g/mol. The molecule has 3 N–H and O–H groups in total. The fraction of sp³-hybridized carbons (Fsp3) is 0.815. The molecule has 1 saturated heterocycles. The van der Waals surface area contributed by atoms with Gasteiger partial charge in [-0.1, -0.05) is 41.5 Å². The van der Waals surface area contributed by atoms with Gasteiger partial charge in [0.05, 0.1) is 6.10 Å². The smallest absolute Gasteiger partial charge is 0.330 e. The van der Waals surface area contributed by atoms with Crippen molar-refractivity contribution in [2.24, 2.45) is 5.73 Å². The quantitative estimate of drug-likeness (QED) is 0.341. The number of nitrogens with one attached hydrogen (secondary N) is 1. The molecule has 224 valence electrons. The molecule has 1 aromatic rings. The third-order valence-electron chi connectivity index (χ3n) is 8.08. The largest absolute Gasteiger partial charge is 0.459 e. The summed E-state index contributed by atoms with van der Waals surface area (Å²) in [5.41, 5.74) is 4.54. The number of carbonyl (C=O) groups is 1. The molecule has 0 saturated carbocycles. The molecule has 0 unspecified atom stereocenters. The molecule has 1 aromatic heterocycles. The SMILES string of the molecule is CC(C)(C)OC(=O)[C@H](N)C[C@H]1O[C@@H](n2ccc(=O)[nH]c2=O)[C@H](O[Si](C)(C)C(C)(C)C)[C@@H]1O[Si](C)(C)C(C)(C)C. The molecule has 0 aliphatic carbocycles. The second kappa shape index (κ2) is 11.4. The molecule has 0 amide bonds. The molecule has 2 rings (SSSR count). The molecule has 0 bridgehead atoms. The van der Waals surface area contributed by atoms with Gasteiger partial charge in [-0.2, -0.15) is 0 Å². The highest BCUT2D eigenvalue weighted by Gasteiger charge is 2.55. The second-order valence-electron chi connectivity index (χ2n) is 14.6. The first-order valence-electron chi connectivity index (χ1n) is 13.7. The van der Waals surface area contributed by atoms with E-state index in [2.05, 4.69) is 72.7 Å². The van der Waals surface area contributed by atoms with Crippen LogP contribution in [0.15, 0.2) is 21.9 Å². The molecule has 10 nitrogen and oxygen atoms in total. The summed E-state index contributed by atoms with van der Waals surface area (Å²) in [4.78, 5) is 39.9. The predicted octanol–water partition coefficient (Wildman–Crippen LogP) is 4.27. The van der Waals surface area contributed by atoms with Gasteiger partial charge in [0.15, 0.2) is 22.9 Å². The van der Waals surface area contributed by atoms with Gasteiger partial charge < -0.3 is 24.1 Å². The number of nitrogens with two attached hydrogens (primary N) is 1. The highest BCUT2D eigenvalue weighted by atomic mass is 28.4. The maximum absolute atomic E-state index is 12.9. The van der Waals surface area contributed by atoms with Crippen molar-refractivity contribution in [2.75, 3.05) is 0 Å². The number of nitrogens with zero attached hydrogens (tertiary/aromatic N) is 1. The summed E-state index contributed by atoms with van der Waals surface area (Å²) >= 11 is 0. The Kier molecular flexibility index (Phi) is 9.80. The molecule has 2 heterocycles. The molecule has 12 heteroatoms. The van der Waals surface area contributed by atoms with Crippen LogP contribution in [-0.4, -0.2) is 62.1 Å². The normalized spacial score (nSPS) is 24.1. The number of aromatic amines is 1. The summed E-state index contributed by atoms with van der Waals surface area (Å²) in [6.07, 6.45) is -1.33. The van der Waals surface area contributed by atoms with E-state index in [4.69, 9.17) is 24.1 Å². The number of rotatable bonds is 8. The molecule has 0 spiro atoms. The van der Waals surface area contributed by atoms with Crippen LogP contribution in [0.3, 0.4) is 0 Å². The maximum atomic E-state index is 12.9. The number of hydrogen-bond acceptors (Lipinski definition) is 8. The summed E-state index contributed by atoms with van der Waals surface area (Å²) in [6.45, 7) is 26.7. The van der Waals surface area contributed by atoms with Crippen LogP contribution in [0.1, 0.15) is 75.0 Å². The van der Waals surface area contributed by atoms with E-state index in [-0.39, 0.29) is 16.5 Å². The lowest BCUT2D eigenvalue weighted by Crippen LogP contribution is -2.54. The minimum absolute atomic E-state index is 0.111. The maximum Gasteiger partial charge on any atom is 0.330 e. The van der Waals surface area contributed by atoms with Crippen LogP contribution in [0.2, 0.25) is 36.3 Å². The monoisotopic (exact) mass is 585 g/mol. The topological polar surface area (TPSA) is 135 Å². The van der Waals surface area contributed by atoms with Crippen molar-refractivity contribution in [3.63, 3.8) is 0 Å². The van der Waals surface area contributed by atoms with Crippen LogP contribution < -0.4 is 17.0 Å². The van der Waals surface area contributed by atoms with E-state index in [0.717, 1.165) is 0 Å². The third kappa shape index (κ3) is 8.23. The van der Waals surface area contributed by atoms with E-state index in [1.165, 1.54) is 16.8 Å². The van der Waals surface area contributed by atoms with Crippen LogP contribution in [0.4, 0.5) is 0 Å². The summed E-state index contributed by atoms with van der Waals surface area (Å²) in [5, 5.41) is -0.265. The number of ether oxygens (including phenoxy) is 2. The van der Waals surface area contributed by atoms with Crippen molar-refractivity contribution < 1.29 is 23.1 Å². The van der Waals surface area contributed by atoms with E-state index in [1.54, 1.807) is 20.8 Å². The molecule has 5 atom stereocenters. The van der Waals surface area contributed by atoms with Gasteiger partial charge in [0.2, 0.25) is 0 Å². The standard InChI is InChI=1S/C27H51N3O7Si2/c1-25(2,3)35-23(32)17(28)16-18-20(36-38(10,11)26(4,5)6)21(37-39(12,13)27(7,8)9)22(34-18)30-15-14-19(31)29-24(30)33/h14-15,17-18,20-22H,16,28H2,1-13H3,(H,29,31,33)/t17-,18-,20-,21-,22-/m1/s1. The van der Waals surface area contributed by atoms with Crippen molar-refractivity contribution in [1.82, 2.24) is 9.55 Å². The van der Waals surface area contributed by atoms with Gasteiger partial charge in [-0.05, 0) is 57.0 Å². The number of esters is 1. The van der Waals surface area contributed by atoms with Crippen LogP contribution in [0, 0.1) is 0 Å². The van der Waals surface area contributed by atoms with E-state index in [9.17, 15) is 14.4 Å². The lowest BCUT2D eigenvalue weighted by atomic mass is 10.0. The molecular formula is C27H51N3O7Si2. The van der Waals surface area contributed by atoms with Gasteiger partial charge in [-0.25, -0.2) is 4.79 Å². The van der Waals surface area contributed by atoms with Gasteiger partial charge in [-0.3, -0.25) is 19.1 Å². The second-order valence-corrected chi connectivity index (χ2v) is 24.2. The van der Waals surface area contributed by atoms with Crippen LogP contribution >= 0.6 is 0 Å². The molecule has 0 aromatic carbocycles. The fourth-order valence-electron chi connectivity index (χ4n) is 3.78. The first-order chi connectivity index (χ1) is 17.4. The van der Waals surface area contributed by atoms with Crippen molar-refractivity contribution >= 4 is 22.6 Å². The first kappa shape index (κ1) is 33.6. The zero-order valence-corrected chi connectivity index (χ0v) is 28.1. The van der Waals surface area contributed by atoms with E-state index < -0.39 is 70.0 Å². The molecular weight excluding hydrogens is 534 g/mol. The molecule has 1 aliphatic rings. The van der Waals surface area contributed by atoms with Crippen LogP contribution in [0.5, 0.6) is 0 Å². The minimum Gasteiger partial charge on any atom is -0.459 e.